The standard InChI is InChI=1S/C72H102N6O16/c1-41-17-13-12-14-18-42(2)59(92-32-31-91-52-26-23-51(24-27-52)78-67-54(48(8)75-71(73)76-67)38-55(68(78)84)50-22-29-62(89-10)74-40-50)37-53-25-20-47(7)72(87,94-53)66(83)69(85)77-30-16-15-19-56(77)70(86)93-60(44(4)35-49-21-28-57(79)61(36-49)88-9)39-58(80)43(3)34-46(6)64(82)65(90-11)63(81)45(5)33-41/h12-14,17-18,22,29,34,38,40-41,43-45,47,49,51-53,56-57,59-61,64-65,79,82,87H,15-16,19-21,23-28,30-33,35-37,39H2,1-11H3,(H2,73,75,76)/b14-12?,17-13+,42-18?,46-34+/t41-,43-,44?,45-,47-,49-,51?,52?,53+,56?,57-,59+,60+,61-,64-,65+,72-/m1/s1. The van der Waals surface area contributed by atoms with Gasteiger partial charge >= 0.3 is 5.97 Å². The lowest BCUT2D eigenvalue weighted by Crippen LogP contribution is -2.61. The van der Waals surface area contributed by atoms with E-state index in [1.165, 1.54) is 19.1 Å². The molecule has 4 fully saturated rings. The number of cyclic esters (lactones) is 1. The highest BCUT2D eigenvalue weighted by molar-refractivity contribution is 6.39. The zero-order valence-corrected chi connectivity index (χ0v) is 56.9. The van der Waals surface area contributed by atoms with Crippen molar-refractivity contribution >= 4 is 46.2 Å². The fraction of sp³-hybridized carbons (Fsp3) is 0.653. The quantitative estimate of drug-likeness (QED) is 0.0537. The number of pyridine rings is 2. The van der Waals surface area contributed by atoms with Gasteiger partial charge in [-0.3, -0.25) is 28.5 Å². The van der Waals surface area contributed by atoms with Crippen LogP contribution in [0.1, 0.15) is 163 Å². The van der Waals surface area contributed by atoms with E-state index in [1.807, 2.05) is 65.0 Å². The van der Waals surface area contributed by atoms with Crippen molar-refractivity contribution in [2.24, 2.45) is 35.5 Å². The Morgan fingerprint density at radius 1 is 0.819 bits per heavy atom. The summed E-state index contributed by atoms with van der Waals surface area (Å²) in [4.78, 5) is 101. The van der Waals surface area contributed by atoms with Crippen molar-refractivity contribution in [3.8, 4) is 17.0 Å². The van der Waals surface area contributed by atoms with Crippen LogP contribution in [0.2, 0.25) is 0 Å². The third kappa shape index (κ3) is 18.0. The Kier molecular flexibility index (Phi) is 26.2. The molecule has 22 nitrogen and oxygen atoms in total. The summed E-state index contributed by atoms with van der Waals surface area (Å²) in [5.74, 6) is -8.07. The molecular formula is C72H102N6O16. The molecule has 5 aliphatic rings. The summed E-state index contributed by atoms with van der Waals surface area (Å²) in [5, 5.41) is 35.4. The molecule has 15 atom stereocenters. The number of esters is 1. The number of aliphatic hydroxyl groups is 3. The number of allylic oxidation sites excluding steroid dienone is 6. The summed E-state index contributed by atoms with van der Waals surface area (Å²) in [5.41, 5.74) is 9.34. The number of carbonyl (C=O) groups excluding carboxylic acids is 5. The van der Waals surface area contributed by atoms with Crippen molar-refractivity contribution < 1.29 is 72.5 Å². The number of nitrogen functional groups attached to an aromatic ring is 1. The van der Waals surface area contributed by atoms with E-state index in [9.17, 15) is 44.1 Å². The van der Waals surface area contributed by atoms with E-state index >= 15 is 0 Å². The van der Waals surface area contributed by atoms with E-state index in [4.69, 9.17) is 38.9 Å². The molecule has 1 amide bonds. The second kappa shape index (κ2) is 33.5. The lowest BCUT2D eigenvalue weighted by Gasteiger charge is -2.43. The SMILES string of the molecule is COc1ccc(-c2cc3c(C)nc(N)nc3n(C3CCC(OCCO[C@H]4C[C@@H]5CC[C@@H](C)[C@@](O)(O5)C(=O)C(=O)N5CCCCC5C(=O)O[C@H](C(C)C[C@H]5CC[C@@H](O)[C@H](OC)C5)CC(=O)[C@H](C)/C=C(\C)[C@@H](O)[C@@H](OC)C(=O)[C@H](C)C[C@H](C)/C=C/C=CC=C4C)CC3)c2=O)cn1. The van der Waals surface area contributed by atoms with E-state index in [2.05, 4.69) is 15.0 Å². The molecule has 5 N–H and O–H groups in total. The number of aryl methyl sites for hydroxylation is 1. The average molecular weight is 1310 g/mol. The second-order valence-corrected chi connectivity index (χ2v) is 27.3. The Hall–Kier alpha value is -6.37. The molecule has 0 aromatic carbocycles. The molecule has 2 aliphatic carbocycles. The lowest BCUT2D eigenvalue weighted by atomic mass is 9.78. The van der Waals surface area contributed by atoms with Crippen LogP contribution in [0.4, 0.5) is 5.95 Å². The lowest BCUT2D eigenvalue weighted by molar-refractivity contribution is -0.266. The monoisotopic (exact) mass is 1310 g/mol. The number of anilines is 1. The van der Waals surface area contributed by atoms with Crippen molar-refractivity contribution in [3.63, 3.8) is 0 Å². The normalized spacial score (nSPS) is 33.2. The number of piperidine rings is 1. The van der Waals surface area contributed by atoms with E-state index in [-0.39, 0.29) is 98.1 Å². The van der Waals surface area contributed by atoms with Gasteiger partial charge in [-0.2, -0.15) is 4.98 Å². The summed E-state index contributed by atoms with van der Waals surface area (Å²) in [6.45, 7) is 14.9. The van der Waals surface area contributed by atoms with Crippen molar-refractivity contribution in [2.75, 3.05) is 46.8 Å². The second-order valence-electron chi connectivity index (χ2n) is 27.3. The maximum atomic E-state index is 14.7. The van der Waals surface area contributed by atoms with Crippen molar-refractivity contribution in [2.45, 2.75) is 225 Å². The number of rotatable bonds is 13. The number of aromatic nitrogens is 4. The number of Topliss-reactive ketones (excluding diaryl/α,β-unsaturated/α-hetero) is 3. The topological polar surface area (TPSA) is 301 Å². The Bertz CT molecular complexity index is 3300. The Morgan fingerprint density at radius 2 is 1.56 bits per heavy atom. The molecule has 2 unspecified atom stereocenters. The van der Waals surface area contributed by atoms with E-state index < -0.39 is 83.9 Å². The number of fused-ring (bicyclic) bond motifs is 4. The van der Waals surface area contributed by atoms with Gasteiger partial charge in [0.2, 0.25) is 17.6 Å². The zero-order valence-electron chi connectivity index (χ0n) is 56.9. The first-order chi connectivity index (χ1) is 44.8. The summed E-state index contributed by atoms with van der Waals surface area (Å²) in [6, 6.07) is 3.91. The van der Waals surface area contributed by atoms with E-state index in [0.29, 0.717) is 123 Å². The van der Waals surface area contributed by atoms with E-state index in [1.54, 1.807) is 62.9 Å². The van der Waals surface area contributed by atoms with Gasteiger partial charge in [0.25, 0.3) is 17.2 Å². The summed E-state index contributed by atoms with van der Waals surface area (Å²) in [6.07, 6.45) is 14.1. The van der Waals surface area contributed by atoms with Gasteiger partial charge in [0, 0.05) is 86.2 Å². The summed E-state index contributed by atoms with van der Waals surface area (Å²) in [7, 11) is 4.47. The number of ether oxygens (including phenoxy) is 7. The maximum Gasteiger partial charge on any atom is 0.329 e. The number of methoxy groups -OCH3 is 3. The molecule has 3 aromatic heterocycles. The number of nitrogens with two attached hydrogens (primary N) is 1. The number of hydrogen-bond donors (Lipinski definition) is 4. The van der Waals surface area contributed by atoms with Crippen LogP contribution in [0, 0.1) is 42.4 Å². The molecule has 8 rings (SSSR count). The fourth-order valence-electron chi connectivity index (χ4n) is 14.5. The van der Waals surface area contributed by atoms with Crippen LogP contribution < -0.4 is 16.0 Å². The first-order valence-electron chi connectivity index (χ1n) is 33.9. The Labute approximate surface area is 553 Å². The first kappa shape index (κ1) is 73.4. The molecule has 94 heavy (non-hydrogen) atoms. The van der Waals surface area contributed by atoms with Gasteiger partial charge in [-0.15, -0.1) is 0 Å². The van der Waals surface area contributed by atoms with Gasteiger partial charge in [-0.05, 0) is 152 Å². The number of hydrogen-bond acceptors (Lipinski definition) is 20. The predicted molar refractivity (Wildman–Crippen MR) is 354 cm³/mol. The third-order valence-electron chi connectivity index (χ3n) is 20.3. The largest absolute Gasteiger partial charge is 0.481 e. The maximum absolute atomic E-state index is 14.7. The minimum Gasteiger partial charge on any atom is -0.481 e. The molecule has 22 heteroatoms. The minimum atomic E-state index is -2.54. The summed E-state index contributed by atoms with van der Waals surface area (Å²) < 4.78 is 44.2. The molecular weight excluding hydrogens is 1200 g/mol. The molecule has 3 aliphatic heterocycles. The first-order valence-corrected chi connectivity index (χ1v) is 33.9. The highest BCUT2D eigenvalue weighted by Gasteiger charge is 2.53. The van der Waals surface area contributed by atoms with Crippen molar-refractivity contribution in [3.05, 3.63) is 88.0 Å². The number of nitrogens with zero attached hydrogens (tertiary/aromatic N) is 5. The number of amides is 1. The van der Waals surface area contributed by atoms with Crippen LogP contribution >= 0.6 is 0 Å². The average Bonchev–Trinajstić information content (AvgIpc) is 0.760. The van der Waals surface area contributed by atoms with Gasteiger partial charge in [0.1, 0.15) is 35.8 Å². The number of carbonyl (C=O) groups is 5. The van der Waals surface area contributed by atoms with Crippen LogP contribution in [0.15, 0.2) is 76.8 Å². The van der Waals surface area contributed by atoms with Gasteiger partial charge in [-0.1, -0.05) is 71.1 Å². The molecule has 2 saturated heterocycles. The number of ketones is 3. The van der Waals surface area contributed by atoms with Crippen molar-refractivity contribution in [1.29, 1.82) is 0 Å². The van der Waals surface area contributed by atoms with E-state index in [0.717, 1.165) is 5.57 Å². The highest BCUT2D eigenvalue weighted by atomic mass is 16.6. The third-order valence-corrected chi connectivity index (χ3v) is 20.3. The fourth-order valence-corrected chi connectivity index (χ4v) is 14.5. The predicted octanol–water partition coefficient (Wildman–Crippen LogP) is 8.82. The molecule has 2 saturated carbocycles. The molecule has 516 valence electrons. The van der Waals surface area contributed by atoms with Crippen LogP contribution in [-0.4, -0.2) is 171 Å². The Balaban J connectivity index is 1.01. The van der Waals surface area contributed by atoms with Gasteiger partial charge in [-0.25, -0.2) is 14.8 Å². The van der Waals surface area contributed by atoms with Crippen molar-refractivity contribution in [1.82, 2.24) is 24.4 Å². The van der Waals surface area contributed by atoms with Crippen LogP contribution in [0.25, 0.3) is 22.2 Å². The summed E-state index contributed by atoms with van der Waals surface area (Å²) >= 11 is 0. The van der Waals surface area contributed by atoms with Gasteiger partial charge < -0.3 is 59.1 Å². The van der Waals surface area contributed by atoms with Gasteiger partial charge in [0.15, 0.2) is 5.78 Å². The van der Waals surface area contributed by atoms with Gasteiger partial charge in [0.05, 0.1) is 56.5 Å². The number of aliphatic hydroxyl groups excluding tert-OH is 2. The molecule has 2 bridgehead atoms. The zero-order chi connectivity index (χ0) is 68.1. The molecule has 3 aromatic rings. The smallest absolute Gasteiger partial charge is 0.329 e. The highest BCUT2D eigenvalue weighted by Crippen LogP contribution is 2.39. The van der Waals surface area contributed by atoms with Crippen LogP contribution in [0.3, 0.4) is 0 Å². The molecule has 0 spiro atoms. The molecule has 6 heterocycles. The molecule has 0 radical (unpaired) electrons. The minimum absolute atomic E-state index is 0.0393. The van der Waals surface area contributed by atoms with Crippen LogP contribution in [0.5, 0.6) is 5.88 Å². The Morgan fingerprint density at radius 3 is 2.27 bits per heavy atom. The van der Waals surface area contributed by atoms with Crippen LogP contribution in [-0.2, 0) is 52.4 Å².